The van der Waals surface area contributed by atoms with Crippen LogP contribution in [0, 0.1) is 0 Å². The maximum atomic E-state index is 12.4. The van der Waals surface area contributed by atoms with Crippen molar-refractivity contribution in [2.24, 2.45) is 0 Å². The van der Waals surface area contributed by atoms with Crippen LogP contribution < -0.4 is 11.1 Å². The first kappa shape index (κ1) is 16.0. The third-order valence-corrected chi connectivity index (χ3v) is 3.45. The minimum Gasteiger partial charge on any atom is -0.398 e. The van der Waals surface area contributed by atoms with Crippen molar-refractivity contribution in [2.75, 3.05) is 24.3 Å². The molecule has 0 radical (unpaired) electrons. The Labute approximate surface area is 129 Å². The molecular formula is C17H20N2O3. The van der Waals surface area contributed by atoms with Crippen LogP contribution in [0.3, 0.4) is 0 Å². The van der Waals surface area contributed by atoms with E-state index >= 15 is 0 Å². The Morgan fingerprint density at radius 3 is 2.32 bits per heavy atom. The molecule has 0 atom stereocenters. The number of rotatable bonds is 6. The summed E-state index contributed by atoms with van der Waals surface area (Å²) in [5.74, 6) is -0.246. The Hall–Kier alpha value is -2.37. The molecule has 5 nitrogen and oxygen atoms in total. The van der Waals surface area contributed by atoms with Crippen LogP contribution in [0.25, 0.3) is 0 Å². The van der Waals surface area contributed by atoms with Crippen molar-refractivity contribution in [3.8, 4) is 0 Å². The third kappa shape index (κ3) is 3.63. The summed E-state index contributed by atoms with van der Waals surface area (Å²) in [6.45, 7) is -0.0995. The lowest BCUT2D eigenvalue weighted by Crippen LogP contribution is -2.16. The molecule has 0 spiro atoms. The fourth-order valence-corrected chi connectivity index (χ4v) is 2.35. The molecule has 0 aliphatic rings. The van der Waals surface area contributed by atoms with E-state index in [1.54, 1.807) is 36.4 Å². The van der Waals surface area contributed by atoms with E-state index in [0.29, 0.717) is 35.3 Å². The highest BCUT2D eigenvalue weighted by Crippen LogP contribution is 2.28. The number of aliphatic hydroxyl groups excluding tert-OH is 2. The van der Waals surface area contributed by atoms with Crippen molar-refractivity contribution in [2.45, 2.75) is 12.8 Å². The number of nitrogens with two attached hydrogens (primary N) is 1. The van der Waals surface area contributed by atoms with Gasteiger partial charge in [-0.15, -0.1) is 0 Å². The Bertz CT molecular complexity index is 642. The maximum absolute atomic E-state index is 12.4. The van der Waals surface area contributed by atoms with Gasteiger partial charge in [-0.25, -0.2) is 0 Å². The highest BCUT2D eigenvalue weighted by atomic mass is 16.3. The van der Waals surface area contributed by atoms with Crippen LogP contribution in [0.15, 0.2) is 42.5 Å². The molecule has 0 aromatic heterocycles. The first-order valence-corrected chi connectivity index (χ1v) is 7.15. The number of aliphatic hydroxyl groups is 2. The van der Waals surface area contributed by atoms with Gasteiger partial charge in [0.1, 0.15) is 0 Å². The van der Waals surface area contributed by atoms with Gasteiger partial charge in [0.05, 0.1) is 0 Å². The molecule has 116 valence electrons. The van der Waals surface area contributed by atoms with Crippen LogP contribution in [-0.4, -0.2) is 29.3 Å². The van der Waals surface area contributed by atoms with E-state index in [-0.39, 0.29) is 19.1 Å². The van der Waals surface area contributed by atoms with Gasteiger partial charge >= 0.3 is 0 Å². The summed E-state index contributed by atoms with van der Waals surface area (Å²) in [6, 6.07) is 12.4. The van der Waals surface area contributed by atoms with Crippen molar-refractivity contribution in [3.05, 3.63) is 59.2 Å². The topological polar surface area (TPSA) is 95.6 Å². The summed E-state index contributed by atoms with van der Waals surface area (Å²) in [4.78, 5) is 12.4. The van der Waals surface area contributed by atoms with Gasteiger partial charge in [0.2, 0.25) is 0 Å². The average Bonchev–Trinajstić information content (AvgIpc) is 2.54. The number of amides is 1. The van der Waals surface area contributed by atoms with Crippen LogP contribution in [0.1, 0.15) is 21.5 Å². The van der Waals surface area contributed by atoms with E-state index < -0.39 is 0 Å². The van der Waals surface area contributed by atoms with Gasteiger partial charge in [-0.2, -0.15) is 0 Å². The number of carbonyl (C=O) groups excluding carboxylic acids is 1. The number of hydrogen-bond donors (Lipinski definition) is 4. The van der Waals surface area contributed by atoms with Crippen LogP contribution >= 0.6 is 0 Å². The normalized spacial score (nSPS) is 10.5. The molecule has 0 heterocycles. The van der Waals surface area contributed by atoms with Gasteiger partial charge in [0.25, 0.3) is 5.91 Å². The fourth-order valence-electron chi connectivity index (χ4n) is 2.35. The van der Waals surface area contributed by atoms with Crippen LogP contribution in [0.5, 0.6) is 0 Å². The first-order chi connectivity index (χ1) is 10.7. The molecule has 22 heavy (non-hydrogen) atoms. The summed E-state index contributed by atoms with van der Waals surface area (Å²) in [5, 5.41) is 21.3. The standard InChI is InChI=1S/C17H20N2O3/c18-15-7-6-12(8-10-20)16(14(15)9-11-21)19-17(22)13-4-2-1-3-5-13/h1-7,20-21H,8-11,18H2,(H,19,22). The quantitative estimate of drug-likeness (QED) is 0.609. The van der Waals surface area contributed by atoms with Gasteiger partial charge in [-0.3, -0.25) is 4.79 Å². The zero-order valence-electron chi connectivity index (χ0n) is 12.2. The number of hydrogen-bond acceptors (Lipinski definition) is 4. The number of nitrogens with one attached hydrogen (secondary N) is 1. The summed E-state index contributed by atoms with van der Waals surface area (Å²) in [6.07, 6.45) is 0.749. The Morgan fingerprint density at radius 2 is 1.68 bits per heavy atom. The van der Waals surface area contributed by atoms with Gasteiger partial charge < -0.3 is 21.3 Å². The molecule has 0 aliphatic carbocycles. The van der Waals surface area contributed by atoms with E-state index in [4.69, 9.17) is 5.73 Å². The molecule has 0 bridgehead atoms. The second kappa shape index (κ2) is 7.59. The highest BCUT2D eigenvalue weighted by Gasteiger charge is 2.15. The summed E-state index contributed by atoms with van der Waals surface area (Å²) in [5.41, 5.74) is 9.08. The fraction of sp³-hybridized carbons (Fsp3) is 0.235. The molecule has 0 saturated carbocycles. The van der Waals surface area contributed by atoms with E-state index in [1.807, 2.05) is 6.07 Å². The molecule has 0 unspecified atom stereocenters. The van der Waals surface area contributed by atoms with Crippen LogP contribution in [0.4, 0.5) is 11.4 Å². The minimum absolute atomic E-state index is 0.0311. The predicted molar refractivity (Wildman–Crippen MR) is 86.8 cm³/mol. The van der Waals surface area contributed by atoms with E-state index in [1.165, 1.54) is 0 Å². The Kier molecular flexibility index (Phi) is 5.52. The number of anilines is 2. The van der Waals surface area contributed by atoms with Gasteiger partial charge in [-0.05, 0) is 36.6 Å². The lowest BCUT2D eigenvalue weighted by Gasteiger charge is -2.17. The van der Waals surface area contributed by atoms with Crippen molar-refractivity contribution in [1.82, 2.24) is 0 Å². The second-order valence-corrected chi connectivity index (χ2v) is 4.93. The smallest absolute Gasteiger partial charge is 0.255 e. The first-order valence-electron chi connectivity index (χ1n) is 7.15. The zero-order valence-corrected chi connectivity index (χ0v) is 12.2. The van der Waals surface area contributed by atoms with Crippen LogP contribution in [-0.2, 0) is 12.8 Å². The largest absolute Gasteiger partial charge is 0.398 e. The molecule has 0 aliphatic heterocycles. The monoisotopic (exact) mass is 300 g/mol. The molecule has 0 fully saturated rings. The molecule has 5 N–H and O–H groups in total. The summed E-state index contributed by atoms with van der Waals surface area (Å²) < 4.78 is 0. The lowest BCUT2D eigenvalue weighted by atomic mass is 10.00. The van der Waals surface area contributed by atoms with Crippen LogP contribution in [0.2, 0.25) is 0 Å². The second-order valence-electron chi connectivity index (χ2n) is 4.93. The van der Waals surface area contributed by atoms with E-state index in [9.17, 15) is 15.0 Å². The molecule has 2 rings (SSSR count). The third-order valence-electron chi connectivity index (χ3n) is 3.45. The number of carbonyl (C=O) groups is 1. The summed E-state index contributed by atoms with van der Waals surface area (Å²) in [7, 11) is 0. The average molecular weight is 300 g/mol. The minimum atomic E-state index is -0.246. The van der Waals surface area contributed by atoms with E-state index in [2.05, 4.69) is 5.32 Å². The van der Waals surface area contributed by atoms with Crippen molar-refractivity contribution < 1.29 is 15.0 Å². The van der Waals surface area contributed by atoms with Gasteiger partial charge in [-0.1, -0.05) is 24.3 Å². The molecule has 0 saturated heterocycles. The van der Waals surface area contributed by atoms with Crippen molar-refractivity contribution in [3.63, 3.8) is 0 Å². The molecule has 1 amide bonds. The molecular weight excluding hydrogens is 280 g/mol. The summed E-state index contributed by atoms with van der Waals surface area (Å²) >= 11 is 0. The zero-order chi connectivity index (χ0) is 15.9. The number of benzene rings is 2. The van der Waals surface area contributed by atoms with Crippen molar-refractivity contribution >= 4 is 17.3 Å². The maximum Gasteiger partial charge on any atom is 0.255 e. The Balaban J connectivity index is 2.38. The molecule has 2 aromatic carbocycles. The highest BCUT2D eigenvalue weighted by molar-refractivity contribution is 6.05. The molecule has 5 heteroatoms. The number of nitrogen functional groups attached to an aromatic ring is 1. The molecule has 2 aromatic rings. The van der Waals surface area contributed by atoms with Crippen molar-refractivity contribution in [1.29, 1.82) is 0 Å². The predicted octanol–water partition coefficient (Wildman–Crippen LogP) is 1.59. The van der Waals surface area contributed by atoms with Gasteiger partial charge in [0.15, 0.2) is 0 Å². The SMILES string of the molecule is Nc1ccc(CCO)c(NC(=O)c2ccccc2)c1CCO. The Morgan fingerprint density at radius 1 is 1.00 bits per heavy atom. The van der Waals surface area contributed by atoms with E-state index in [0.717, 1.165) is 5.56 Å². The van der Waals surface area contributed by atoms with Gasteiger partial charge in [0, 0.05) is 35.7 Å². The lowest BCUT2D eigenvalue weighted by molar-refractivity contribution is 0.102.